The maximum Gasteiger partial charge on any atom is 0.113 e. The van der Waals surface area contributed by atoms with Gasteiger partial charge in [-0.2, -0.15) is 0 Å². The van der Waals surface area contributed by atoms with Crippen LogP contribution in [0.1, 0.15) is 23.5 Å². The van der Waals surface area contributed by atoms with Gasteiger partial charge in [-0.3, -0.25) is 0 Å². The molecule has 0 amide bonds. The van der Waals surface area contributed by atoms with E-state index in [1.54, 1.807) is 11.3 Å². The molecule has 1 aromatic heterocycles. The van der Waals surface area contributed by atoms with Gasteiger partial charge in [0, 0.05) is 9.77 Å². The normalized spacial score (nSPS) is 12.6. The SMILES string of the molecule is CCSc1ccc([C@@H](O)c2cccs2)cc1. The molecule has 1 aromatic carbocycles. The molecule has 1 nitrogen and oxygen atoms in total. The summed E-state index contributed by atoms with van der Waals surface area (Å²) in [4.78, 5) is 2.25. The zero-order valence-corrected chi connectivity index (χ0v) is 10.7. The van der Waals surface area contributed by atoms with Gasteiger partial charge in [0.1, 0.15) is 6.10 Å². The van der Waals surface area contributed by atoms with Crippen LogP contribution in [0.5, 0.6) is 0 Å². The average molecular weight is 250 g/mol. The summed E-state index contributed by atoms with van der Waals surface area (Å²) in [5.41, 5.74) is 0.961. The first kappa shape index (κ1) is 11.7. The van der Waals surface area contributed by atoms with Crippen LogP contribution in [0.2, 0.25) is 0 Å². The van der Waals surface area contributed by atoms with Crippen LogP contribution in [0.4, 0.5) is 0 Å². The molecule has 2 rings (SSSR count). The van der Waals surface area contributed by atoms with Crippen molar-refractivity contribution in [1.29, 1.82) is 0 Å². The van der Waals surface area contributed by atoms with Crippen molar-refractivity contribution in [3.8, 4) is 0 Å². The Labute approximate surface area is 104 Å². The molecule has 3 heteroatoms. The molecule has 2 aromatic rings. The summed E-state index contributed by atoms with van der Waals surface area (Å²) < 4.78 is 0. The van der Waals surface area contributed by atoms with Gasteiger partial charge in [0.05, 0.1) is 0 Å². The lowest BCUT2D eigenvalue weighted by Gasteiger charge is -2.09. The van der Waals surface area contributed by atoms with Crippen LogP contribution in [0.25, 0.3) is 0 Å². The summed E-state index contributed by atoms with van der Waals surface area (Å²) in [7, 11) is 0. The van der Waals surface area contributed by atoms with Crippen molar-refractivity contribution in [1.82, 2.24) is 0 Å². The van der Waals surface area contributed by atoms with E-state index in [9.17, 15) is 5.11 Å². The molecule has 16 heavy (non-hydrogen) atoms. The molecule has 0 saturated carbocycles. The highest BCUT2D eigenvalue weighted by Gasteiger charge is 2.10. The molecule has 1 heterocycles. The molecular formula is C13H14OS2. The van der Waals surface area contributed by atoms with Crippen molar-refractivity contribution in [3.63, 3.8) is 0 Å². The smallest absolute Gasteiger partial charge is 0.113 e. The molecule has 0 saturated heterocycles. The third-order valence-corrected chi connectivity index (χ3v) is 4.14. The maximum atomic E-state index is 10.1. The molecule has 1 N–H and O–H groups in total. The third kappa shape index (κ3) is 2.67. The summed E-state index contributed by atoms with van der Waals surface area (Å²) in [6.07, 6.45) is -0.485. The van der Waals surface area contributed by atoms with Crippen molar-refractivity contribution in [3.05, 3.63) is 52.2 Å². The Morgan fingerprint density at radius 3 is 2.56 bits per heavy atom. The summed E-state index contributed by atoms with van der Waals surface area (Å²) in [5, 5.41) is 12.1. The number of hydrogen-bond donors (Lipinski definition) is 1. The minimum Gasteiger partial charge on any atom is -0.383 e. The number of thioether (sulfide) groups is 1. The lowest BCUT2D eigenvalue weighted by Crippen LogP contribution is -1.96. The van der Waals surface area contributed by atoms with E-state index in [0.717, 1.165) is 16.2 Å². The third-order valence-electron chi connectivity index (χ3n) is 2.32. The van der Waals surface area contributed by atoms with E-state index in [1.165, 1.54) is 4.90 Å². The van der Waals surface area contributed by atoms with Crippen molar-refractivity contribution in [2.45, 2.75) is 17.9 Å². The van der Waals surface area contributed by atoms with Gasteiger partial charge in [0.15, 0.2) is 0 Å². The second-order valence-electron chi connectivity index (χ2n) is 3.42. The predicted molar refractivity (Wildman–Crippen MR) is 71.2 cm³/mol. The van der Waals surface area contributed by atoms with E-state index >= 15 is 0 Å². The van der Waals surface area contributed by atoms with E-state index in [-0.39, 0.29) is 0 Å². The number of aliphatic hydroxyl groups excluding tert-OH is 1. The molecule has 0 fully saturated rings. The second kappa shape index (κ2) is 5.53. The molecule has 0 unspecified atom stereocenters. The Morgan fingerprint density at radius 1 is 1.25 bits per heavy atom. The van der Waals surface area contributed by atoms with Crippen molar-refractivity contribution < 1.29 is 5.11 Å². The lowest BCUT2D eigenvalue weighted by molar-refractivity contribution is 0.224. The fraction of sp³-hybridized carbons (Fsp3) is 0.231. The monoisotopic (exact) mass is 250 g/mol. The average Bonchev–Trinajstić information content (AvgIpc) is 2.83. The minimum absolute atomic E-state index is 0.485. The van der Waals surface area contributed by atoms with Crippen molar-refractivity contribution in [2.24, 2.45) is 0 Å². The van der Waals surface area contributed by atoms with Gasteiger partial charge >= 0.3 is 0 Å². The first-order chi connectivity index (χ1) is 7.81. The Kier molecular flexibility index (Phi) is 4.04. The van der Waals surface area contributed by atoms with Crippen molar-refractivity contribution in [2.75, 3.05) is 5.75 Å². The topological polar surface area (TPSA) is 20.2 Å². The standard InChI is InChI=1S/C13H14OS2/c1-2-15-11-7-5-10(6-8-11)13(14)12-4-3-9-16-12/h3-9,13-14H,2H2,1H3/t13-/m1/s1. The molecule has 84 valence electrons. The predicted octanol–water partition coefficient (Wildman–Crippen LogP) is 3.94. The van der Waals surface area contributed by atoms with Gasteiger partial charge in [-0.05, 0) is 34.9 Å². The minimum atomic E-state index is -0.485. The zero-order chi connectivity index (χ0) is 11.4. The molecule has 0 radical (unpaired) electrons. The van der Waals surface area contributed by atoms with Gasteiger partial charge in [-0.25, -0.2) is 0 Å². The second-order valence-corrected chi connectivity index (χ2v) is 5.74. The molecular weight excluding hydrogens is 236 g/mol. The van der Waals surface area contributed by atoms with Gasteiger partial charge in [-0.1, -0.05) is 25.1 Å². The number of thiophene rings is 1. The van der Waals surface area contributed by atoms with E-state index in [0.29, 0.717) is 0 Å². The number of benzene rings is 1. The maximum absolute atomic E-state index is 10.1. The molecule has 0 aliphatic rings. The first-order valence-electron chi connectivity index (χ1n) is 5.25. The van der Waals surface area contributed by atoms with Crippen LogP contribution in [0, 0.1) is 0 Å². The molecule has 0 bridgehead atoms. The van der Waals surface area contributed by atoms with E-state index in [2.05, 4.69) is 19.1 Å². The van der Waals surface area contributed by atoms with Crippen molar-refractivity contribution >= 4 is 23.1 Å². The van der Waals surface area contributed by atoms with Crippen LogP contribution in [0.15, 0.2) is 46.7 Å². The van der Waals surface area contributed by atoms with Crippen LogP contribution in [-0.2, 0) is 0 Å². The summed E-state index contributed by atoms with van der Waals surface area (Å²) in [6.45, 7) is 2.14. The molecule has 0 aliphatic carbocycles. The molecule has 0 spiro atoms. The highest BCUT2D eigenvalue weighted by Crippen LogP contribution is 2.27. The number of hydrogen-bond acceptors (Lipinski definition) is 3. The van der Waals surface area contributed by atoms with Crippen LogP contribution >= 0.6 is 23.1 Å². The molecule has 1 atom stereocenters. The highest BCUT2D eigenvalue weighted by atomic mass is 32.2. The van der Waals surface area contributed by atoms with Crippen LogP contribution in [0.3, 0.4) is 0 Å². The van der Waals surface area contributed by atoms with E-state index < -0.39 is 6.10 Å². The van der Waals surface area contributed by atoms with Crippen LogP contribution in [-0.4, -0.2) is 10.9 Å². The zero-order valence-electron chi connectivity index (χ0n) is 9.09. The Bertz CT molecular complexity index is 420. The summed E-state index contributed by atoms with van der Waals surface area (Å²) in [6, 6.07) is 12.1. The summed E-state index contributed by atoms with van der Waals surface area (Å²) >= 11 is 3.40. The van der Waals surface area contributed by atoms with Gasteiger partial charge in [-0.15, -0.1) is 23.1 Å². The number of rotatable bonds is 4. The van der Waals surface area contributed by atoms with E-state index in [4.69, 9.17) is 0 Å². The highest BCUT2D eigenvalue weighted by molar-refractivity contribution is 7.99. The fourth-order valence-electron chi connectivity index (χ4n) is 1.52. The fourth-order valence-corrected chi connectivity index (χ4v) is 2.92. The Morgan fingerprint density at radius 2 is 2.00 bits per heavy atom. The van der Waals surface area contributed by atoms with Gasteiger partial charge < -0.3 is 5.11 Å². The quantitative estimate of drug-likeness (QED) is 0.829. The first-order valence-corrected chi connectivity index (χ1v) is 7.12. The largest absolute Gasteiger partial charge is 0.383 e. The van der Waals surface area contributed by atoms with Gasteiger partial charge in [0.2, 0.25) is 0 Å². The number of aliphatic hydroxyl groups is 1. The molecule has 0 aliphatic heterocycles. The lowest BCUT2D eigenvalue weighted by atomic mass is 10.1. The summed E-state index contributed by atoms with van der Waals surface area (Å²) in [5.74, 6) is 1.08. The Balaban J connectivity index is 2.15. The van der Waals surface area contributed by atoms with E-state index in [1.807, 2.05) is 41.4 Å². The Hall–Kier alpha value is -0.770. The van der Waals surface area contributed by atoms with Gasteiger partial charge in [0.25, 0.3) is 0 Å². The van der Waals surface area contributed by atoms with Crippen LogP contribution < -0.4 is 0 Å².